The largest absolute Gasteiger partial charge is 0.497 e. The van der Waals surface area contributed by atoms with Crippen LogP contribution in [-0.4, -0.2) is 26.7 Å². The highest BCUT2D eigenvalue weighted by Gasteiger charge is 2.06. The minimum Gasteiger partial charge on any atom is -0.497 e. The second-order valence-corrected chi connectivity index (χ2v) is 6.87. The normalized spacial score (nSPS) is 11.2. The van der Waals surface area contributed by atoms with Gasteiger partial charge in [-0.3, -0.25) is 0 Å². The van der Waals surface area contributed by atoms with Crippen molar-refractivity contribution in [2.24, 2.45) is 4.99 Å². The van der Waals surface area contributed by atoms with Crippen LogP contribution in [0.15, 0.2) is 39.1 Å². The van der Waals surface area contributed by atoms with Crippen molar-refractivity contribution in [1.29, 1.82) is 0 Å². The Labute approximate surface area is 155 Å². The third-order valence-corrected chi connectivity index (χ3v) is 5.00. The number of benzene rings is 1. The summed E-state index contributed by atoms with van der Waals surface area (Å²) in [6, 6.07) is 7.86. The zero-order valence-corrected chi connectivity index (χ0v) is 16.5. The van der Waals surface area contributed by atoms with Crippen LogP contribution in [0.2, 0.25) is 0 Å². The van der Waals surface area contributed by atoms with Gasteiger partial charge in [-0.05, 0) is 41.1 Å². The average molecular weight is 412 g/mol. The first-order valence-electron chi connectivity index (χ1n) is 7.62. The topological polar surface area (TPSA) is 54.9 Å². The first-order valence-corrected chi connectivity index (χ1v) is 9.29. The van der Waals surface area contributed by atoms with E-state index in [2.05, 4.69) is 43.0 Å². The molecule has 0 aliphatic rings. The predicted octanol–water partition coefficient (Wildman–Crippen LogP) is 3.78. The monoisotopic (exact) mass is 411 g/mol. The number of guanidine groups is 1. The second kappa shape index (κ2) is 9.54. The number of hydrogen-bond acceptors (Lipinski definition) is 4. The van der Waals surface area contributed by atoms with Gasteiger partial charge in [-0.1, -0.05) is 0 Å². The summed E-state index contributed by atoms with van der Waals surface area (Å²) in [5.74, 6) is 2.32. The fraction of sp³-hybridized carbons (Fsp3) is 0.353. The Hall–Kier alpha value is -1.73. The van der Waals surface area contributed by atoms with Gasteiger partial charge in [-0.25, -0.2) is 4.99 Å². The third-order valence-electron chi connectivity index (χ3n) is 3.30. The van der Waals surface area contributed by atoms with Gasteiger partial charge in [-0.15, -0.1) is 11.3 Å². The molecule has 1 aromatic carbocycles. The Morgan fingerprint density at radius 3 is 2.67 bits per heavy atom. The van der Waals surface area contributed by atoms with E-state index in [9.17, 15) is 0 Å². The summed E-state index contributed by atoms with van der Waals surface area (Å²) < 4.78 is 11.7. The van der Waals surface area contributed by atoms with Gasteiger partial charge in [0.1, 0.15) is 11.5 Å². The quantitative estimate of drug-likeness (QED) is 0.537. The van der Waals surface area contributed by atoms with Crippen LogP contribution < -0.4 is 20.1 Å². The first-order chi connectivity index (χ1) is 11.7. The molecule has 7 heteroatoms. The van der Waals surface area contributed by atoms with Crippen molar-refractivity contribution in [1.82, 2.24) is 10.6 Å². The Kier molecular flexibility index (Phi) is 7.39. The molecular formula is C17H22BrN3O2S. The molecule has 0 aliphatic carbocycles. The number of hydrogen-bond donors (Lipinski definition) is 2. The molecule has 0 saturated carbocycles. The number of aliphatic imine (C=N–C) groups is 1. The van der Waals surface area contributed by atoms with Crippen LogP contribution in [0.3, 0.4) is 0 Å². The molecule has 2 N–H and O–H groups in total. The number of halogens is 1. The van der Waals surface area contributed by atoms with Crippen LogP contribution in [-0.2, 0) is 13.1 Å². The van der Waals surface area contributed by atoms with E-state index < -0.39 is 0 Å². The molecule has 5 nitrogen and oxygen atoms in total. The van der Waals surface area contributed by atoms with Gasteiger partial charge in [0.25, 0.3) is 0 Å². The SMILES string of the molecule is CCNC(=NCc1ccc(OC)cc1OC)NCc1cc(Br)cs1. The van der Waals surface area contributed by atoms with Gasteiger partial charge in [0.05, 0.1) is 27.3 Å². The van der Waals surface area contributed by atoms with Crippen LogP contribution in [0.25, 0.3) is 0 Å². The van der Waals surface area contributed by atoms with Crippen LogP contribution in [0.1, 0.15) is 17.4 Å². The summed E-state index contributed by atoms with van der Waals surface area (Å²) in [4.78, 5) is 5.88. The van der Waals surface area contributed by atoms with E-state index in [1.165, 1.54) is 4.88 Å². The number of methoxy groups -OCH3 is 2. The van der Waals surface area contributed by atoms with E-state index in [-0.39, 0.29) is 0 Å². The molecule has 1 heterocycles. The molecular weight excluding hydrogens is 390 g/mol. The Bertz CT molecular complexity index is 688. The molecule has 0 spiro atoms. The maximum absolute atomic E-state index is 5.42. The zero-order valence-electron chi connectivity index (χ0n) is 14.1. The molecule has 24 heavy (non-hydrogen) atoms. The number of thiophene rings is 1. The lowest BCUT2D eigenvalue weighted by molar-refractivity contribution is 0.391. The first kappa shape index (κ1) is 18.6. The van der Waals surface area contributed by atoms with Crippen LogP contribution in [0, 0.1) is 0 Å². The zero-order chi connectivity index (χ0) is 17.4. The van der Waals surface area contributed by atoms with E-state index in [0.717, 1.165) is 40.6 Å². The Morgan fingerprint density at radius 2 is 2.04 bits per heavy atom. The average Bonchev–Trinajstić information content (AvgIpc) is 3.02. The molecule has 0 amide bonds. The van der Waals surface area contributed by atoms with Crippen molar-refractivity contribution < 1.29 is 9.47 Å². The van der Waals surface area contributed by atoms with Crippen molar-refractivity contribution in [3.05, 3.63) is 44.6 Å². The number of nitrogens with one attached hydrogen (secondary N) is 2. The van der Waals surface area contributed by atoms with Gasteiger partial charge in [0, 0.05) is 32.9 Å². The standard InChI is InChI=1S/C17H22BrN3O2S/c1-4-19-17(21-10-15-7-13(18)11-24-15)20-9-12-5-6-14(22-2)8-16(12)23-3/h5-8,11H,4,9-10H2,1-3H3,(H2,19,20,21). The van der Waals surface area contributed by atoms with Crippen LogP contribution >= 0.6 is 27.3 Å². The fourth-order valence-corrected chi connectivity index (χ4v) is 3.50. The molecule has 0 fully saturated rings. The van der Waals surface area contributed by atoms with E-state index in [4.69, 9.17) is 9.47 Å². The molecule has 0 unspecified atom stereocenters. The van der Waals surface area contributed by atoms with Gasteiger partial charge in [-0.2, -0.15) is 0 Å². The second-order valence-electron chi connectivity index (χ2n) is 4.96. The summed E-state index contributed by atoms with van der Waals surface area (Å²) >= 11 is 5.18. The molecule has 0 radical (unpaired) electrons. The lowest BCUT2D eigenvalue weighted by Gasteiger charge is -2.12. The van der Waals surface area contributed by atoms with E-state index in [1.807, 2.05) is 25.1 Å². The molecule has 0 atom stereocenters. The van der Waals surface area contributed by atoms with Crippen molar-refractivity contribution in [3.63, 3.8) is 0 Å². The van der Waals surface area contributed by atoms with Gasteiger partial charge < -0.3 is 20.1 Å². The molecule has 0 aliphatic heterocycles. The summed E-state index contributed by atoms with van der Waals surface area (Å²) in [7, 11) is 3.29. The van der Waals surface area contributed by atoms with E-state index >= 15 is 0 Å². The lowest BCUT2D eigenvalue weighted by Crippen LogP contribution is -2.36. The third kappa shape index (κ3) is 5.42. The van der Waals surface area contributed by atoms with Gasteiger partial charge >= 0.3 is 0 Å². The molecule has 130 valence electrons. The predicted molar refractivity (Wildman–Crippen MR) is 103 cm³/mol. The van der Waals surface area contributed by atoms with Crippen molar-refractivity contribution in [2.45, 2.75) is 20.0 Å². The van der Waals surface area contributed by atoms with Crippen LogP contribution in [0.5, 0.6) is 11.5 Å². The van der Waals surface area contributed by atoms with Crippen LogP contribution in [0.4, 0.5) is 0 Å². The number of ether oxygens (including phenoxy) is 2. The maximum atomic E-state index is 5.42. The van der Waals surface area contributed by atoms with Crippen molar-refractivity contribution in [2.75, 3.05) is 20.8 Å². The van der Waals surface area contributed by atoms with Gasteiger partial charge in [0.15, 0.2) is 5.96 Å². The summed E-state index contributed by atoms with van der Waals surface area (Å²) in [5, 5.41) is 8.67. The highest BCUT2D eigenvalue weighted by molar-refractivity contribution is 9.10. The number of rotatable bonds is 7. The Morgan fingerprint density at radius 1 is 1.21 bits per heavy atom. The van der Waals surface area contributed by atoms with E-state index in [1.54, 1.807) is 25.6 Å². The van der Waals surface area contributed by atoms with E-state index in [0.29, 0.717) is 6.54 Å². The molecule has 0 bridgehead atoms. The highest BCUT2D eigenvalue weighted by Crippen LogP contribution is 2.25. The number of nitrogens with zero attached hydrogens (tertiary/aromatic N) is 1. The Balaban J connectivity index is 2.04. The summed E-state index contributed by atoms with van der Waals surface area (Å²) in [6.07, 6.45) is 0. The van der Waals surface area contributed by atoms with Crippen molar-refractivity contribution in [3.8, 4) is 11.5 Å². The van der Waals surface area contributed by atoms with Crippen molar-refractivity contribution >= 4 is 33.2 Å². The highest BCUT2D eigenvalue weighted by atomic mass is 79.9. The molecule has 2 aromatic rings. The summed E-state index contributed by atoms with van der Waals surface area (Å²) in [6.45, 7) is 4.12. The molecule has 2 rings (SSSR count). The minimum absolute atomic E-state index is 0.524. The molecule has 0 saturated heterocycles. The smallest absolute Gasteiger partial charge is 0.191 e. The maximum Gasteiger partial charge on any atom is 0.191 e. The minimum atomic E-state index is 0.524. The molecule has 1 aromatic heterocycles. The van der Waals surface area contributed by atoms with Gasteiger partial charge in [0.2, 0.25) is 0 Å². The lowest BCUT2D eigenvalue weighted by atomic mass is 10.2. The fourth-order valence-electron chi connectivity index (χ4n) is 2.11. The summed E-state index contributed by atoms with van der Waals surface area (Å²) in [5.41, 5.74) is 1.01.